The normalized spacial score (nSPS) is 33.7. The van der Waals surface area contributed by atoms with E-state index in [2.05, 4.69) is 34.1 Å². The maximum atomic E-state index is 13.3. The molecule has 0 aliphatic carbocycles. The van der Waals surface area contributed by atoms with Crippen molar-refractivity contribution >= 4 is 38.6 Å². The fraction of sp³-hybridized carbons (Fsp3) is 0.773. The standard InChI is InChI=1S/C66H103NO27S2/c1-40(16-10-9-14-30-84-56(74)18-12-8-11-17-55(73)67-37-46(68)34-50(70)60(94-96(81,82)83)51(71)39-87-95(78,79)80)38-85-62(76)63(7,77)36-48-21-22-54(72)66(90-48)35-41(2)32-53(91-66)42(3)19-20-47-24-28-65(89-47)29-25-52-61(93-65)57(75)45(6)59(88-52)49(69)33-44(5)58-43(4)23-27-64(92-58)26-13-15-31-86-64/h8-10,12,16,19-20,35,42-44,46-54,57-61,68-72,75,77H,6,11,13-15,17-18,21-34,36-39H2,1-5,7H3,(H,67,73)(H,78,79,80)(H,81,82,83)/b10-9+,12-8+,20-19+,40-16+/t42?,43-,44+,46?,47-,48+,49+,50?,51?,52?,53+,54-,57-,58?,59+,60?,61?,63-,64+,65-,66-/m1/s1. The summed E-state index contributed by atoms with van der Waals surface area (Å²) in [6.45, 7) is 14.5. The van der Waals surface area contributed by atoms with Gasteiger partial charge in [-0.3, -0.25) is 18.7 Å². The summed E-state index contributed by atoms with van der Waals surface area (Å²) in [5.41, 5.74) is 0.0337. The fourth-order valence-electron chi connectivity index (χ4n) is 13.7. The number of nitrogens with one attached hydrogen (secondary N) is 1. The average molecular weight is 1410 g/mol. The predicted molar refractivity (Wildman–Crippen MR) is 342 cm³/mol. The zero-order valence-electron chi connectivity index (χ0n) is 55.8. The Bertz CT molecular complexity index is 2980. The first-order chi connectivity index (χ1) is 45.1. The number of fused-ring (bicyclic) bond motifs is 1. The van der Waals surface area contributed by atoms with Crippen molar-refractivity contribution in [1.82, 2.24) is 5.32 Å². The van der Waals surface area contributed by atoms with Crippen molar-refractivity contribution in [3.63, 3.8) is 0 Å². The van der Waals surface area contributed by atoms with Gasteiger partial charge < -0.3 is 83.7 Å². The number of carbonyl (C=O) groups excluding carboxylic acids is 3. The molecule has 0 saturated carbocycles. The van der Waals surface area contributed by atoms with Crippen LogP contribution in [0.15, 0.2) is 71.9 Å². The van der Waals surface area contributed by atoms with Crippen LogP contribution in [0.3, 0.4) is 0 Å². The topological polar surface area (TPSA) is 415 Å². The van der Waals surface area contributed by atoms with Crippen molar-refractivity contribution in [2.75, 3.05) is 33.0 Å². The van der Waals surface area contributed by atoms with Crippen LogP contribution in [0.25, 0.3) is 0 Å². The number of esters is 2. The lowest BCUT2D eigenvalue weighted by Gasteiger charge is -2.50. The van der Waals surface area contributed by atoms with Crippen molar-refractivity contribution in [3.05, 3.63) is 71.9 Å². The summed E-state index contributed by atoms with van der Waals surface area (Å²) in [5, 5.41) is 79.1. The zero-order chi connectivity index (χ0) is 70.4. The largest absolute Gasteiger partial charge is 0.465 e. The van der Waals surface area contributed by atoms with E-state index in [0.29, 0.717) is 75.0 Å². The Balaban J connectivity index is 0.770. The molecule has 21 atom stereocenters. The third-order valence-corrected chi connectivity index (χ3v) is 19.8. The number of ether oxygens (including phenoxy) is 9. The van der Waals surface area contributed by atoms with E-state index >= 15 is 0 Å². The molecule has 546 valence electrons. The second-order valence-corrected chi connectivity index (χ2v) is 29.5. The maximum absolute atomic E-state index is 13.3. The summed E-state index contributed by atoms with van der Waals surface area (Å²) in [6, 6.07) is 0. The van der Waals surface area contributed by atoms with Gasteiger partial charge in [0.15, 0.2) is 17.2 Å². The van der Waals surface area contributed by atoms with Crippen molar-refractivity contribution in [2.24, 2.45) is 17.8 Å². The fourth-order valence-corrected chi connectivity index (χ4v) is 14.5. The molecule has 28 nitrogen and oxygen atoms in total. The molecule has 0 bridgehead atoms. The summed E-state index contributed by atoms with van der Waals surface area (Å²) in [4.78, 5) is 37.8. The van der Waals surface area contributed by atoms with Gasteiger partial charge in [-0.05, 0) is 120 Å². The molecule has 7 rings (SSSR count). The Kier molecular flexibility index (Phi) is 29.0. The third kappa shape index (κ3) is 23.3. The van der Waals surface area contributed by atoms with Crippen LogP contribution in [0, 0.1) is 17.8 Å². The van der Waals surface area contributed by atoms with Crippen LogP contribution in [0.4, 0.5) is 0 Å². The Morgan fingerprint density at radius 3 is 2.32 bits per heavy atom. The number of hydrogen-bond acceptors (Lipinski definition) is 25. The number of aliphatic hydroxyl groups is 7. The van der Waals surface area contributed by atoms with Crippen molar-refractivity contribution in [2.45, 2.75) is 272 Å². The van der Waals surface area contributed by atoms with Crippen LogP contribution in [0.1, 0.15) is 164 Å². The number of allylic oxidation sites excluding steroid dienone is 3. The van der Waals surface area contributed by atoms with Gasteiger partial charge in [0.2, 0.25) is 11.7 Å². The van der Waals surface area contributed by atoms with Crippen molar-refractivity contribution in [1.29, 1.82) is 0 Å². The zero-order valence-corrected chi connectivity index (χ0v) is 57.4. The molecule has 8 unspecified atom stereocenters. The first kappa shape index (κ1) is 79.4. The maximum Gasteiger partial charge on any atom is 0.397 e. The molecule has 7 aliphatic heterocycles. The molecule has 6 saturated heterocycles. The Labute approximate surface area is 563 Å². The minimum Gasteiger partial charge on any atom is -0.465 e. The molecular formula is C66H103NO27S2. The van der Waals surface area contributed by atoms with E-state index in [4.69, 9.17) is 51.7 Å². The molecular weight excluding hydrogens is 1300 g/mol. The van der Waals surface area contributed by atoms with Crippen molar-refractivity contribution < 1.29 is 127 Å². The van der Waals surface area contributed by atoms with Gasteiger partial charge in [0, 0.05) is 57.4 Å². The second-order valence-electron chi connectivity index (χ2n) is 27.3. The SMILES string of the molecule is C=C1[C@@H](O)C2O[C@@]3(CCC2O[C@@H]1[C@@H](O)C[C@H](C)C1O[C@@]2(CCCCO2)CC[C@H]1C)CC[C@@H](/C=C/C(C)[C@@H]1CC(C)=C[C@@]2(O[C@H](C[C@@](C)(O)C(=O)OC/C(C)=C/C=C/CCOC(=O)C/C=C/CCC(=O)NCC(O)CC(O)C(OS(=O)(=O)O)C(O)COS(=O)(=O)O)CC[C@H]2O)O1)O3. The molecule has 0 aromatic carbocycles. The van der Waals surface area contributed by atoms with Gasteiger partial charge in [-0.15, -0.1) is 0 Å². The number of carbonyl (C=O) groups is 3. The summed E-state index contributed by atoms with van der Waals surface area (Å²) < 4.78 is 126. The van der Waals surface area contributed by atoms with Crippen LogP contribution >= 0.6 is 0 Å². The molecule has 1 amide bonds. The molecule has 6 fully saturated rings. The van der Waals surface area contributed by atoms with Gasteiger partial charge in [0.25, 0.3) is 0 Å². The first-order valence-electron chi connectivity index (χ1n) is 33.5. The smallest absolute Gasteiger partial charge is 0.397 e. The Morgan fingerprint density at radius 2 is 1.60 bits per heavy atom. The highest BCUT2D eigenvalue weighted by molar-refractivity contribution is 7.81. The van der Waals surface area contributed by atoms with Crippen molar-refractivity contribution in [3.8, 4) is 0 Å². The second kappa shape index (κ2) is 35.1. The number of amides is 1. The highest BCUT2D eigenvalue weighted by Crippen LogP contribution is 2.48. The van der Waals surface area contributed by atoms with Crippen LogP contribution < -0.4 is 5.32 Å². The van der Waals surface area contributed by atoms with Gasteiger partial charge in [0.1, 0.15) is 43.2 Å². The average Bonchev–Trinajstić information content (AvgIpc) is 1.25. The minimum atomic E-state index is -5.30. The Morgan fingerprint density at radius 1 is 0.865 bits per heavy atom. The molecule has 7 aliphatic rings. The molecule has 0 aromatic rings. The summed E-state index contributed by atoms with van der Waals surface area (Å²) >= 11 is 0. The van der Waals surface area contributed by atoms with E-state index in [1.165, 1.54) is 13.0 Å². The number of rotatable bonds is 32. The predicted octanol–water partition coefficient (Wildman–Crippen LogP) is 4.43. The van der Waals surface area contributed by atoms with Gasteiger partial charge >= 0.3 is 32.7 Å². The van der Waals surface area contributed by atoms with E-state index in [1.54, 1.807) is 37.3 Å². The molecule has 3 spiro atoms. The monoisotopic (exact) mass is 1410 g/mol. The first-order valence-corrected chi connectivity index (χ1v) is 36.2. The van der Waals surface area contributed by atoms with Crippen LogP contribution in [0.5, 0.6) is 0 Å². The molecule has 0 radical (unpaired) electrons. The van der Waals surface area contributed by atoms with Gasteiger partial charge in [-0.1, -0.05) is 75.5 Å². The van der Waals surface area contributed by atoms with E-state index in [1.807, 2.05) is 26.0 Å². The minimum absolute atomic E-state index is 0.0130. The van der Waals surface area contributed by atoms with E-state index in [9.17, 15) is 67.0 Å². The molecule has 96 heavy (non-hydrogen) atoms. The molecule has 0 aromatic heterocycles. The summed E-state index contributed by atoms with van der Waals surface area (Å²) in [5.74, 6) is -4.77. The lowest BCUT2D eigenvalue weighted by Crippen LogP contribution is -2.60. The summed E-state index contributed by atoms with van der Waals surface area (Å²) in [6.07, 6.45) is 7.99. The molecule has 30 heteroatoms. The molecule has 10 N–H and O–H groups in total. The van der Waals surface area contributed by atoms with Crippen LogP contribution in [0.2, 0.25) is 0 Å². The van der Waals surface area contributed by atoms with E-state index in [-0.39, 0.29) is 69.4 Å². The highest BCUT2D eigenvalue weighted by Gasteiger charge is 2.55. The van der Waals surface area contributed by atoms with Gasteiger partial charge in [-0.2, -0.15) is 16.8 Å². The van der Waals surface area contributed by atoms with Crippen LogP contribution in [-0.4, -0.2) is 221 Å². The quantitative estimate of drug-likeness (QED) is 0.0146. The third-order valence-electron chi connectivity index (χ3n) is 18.9. The van der Waals surface area contributed by atoms with E-state index < -0.39 is 154 Å². The van der Waals surface area contributed by atoms with Gasteiger partial charge in [-0.25, -0.2) is 13.2 Å². The highest BCUT2D eigenvalue weighted by atomic mass is 32.3. The lowest BCUT2D eigenvalue weighted by atomic mass is 9.79. The summed E-state index contributed by atoms with van der Waals surface area (Å²) in [7, 11) is -10.4. The number of aliphatic hydroxyl groups excluding tert-OH is 6. The lowest BCUT2D eigenvalue weighted by molar-refractivity contribution is -0.321. The number of hydrogen-bond donors (Lipinski definition) is 10. The van der Waals surface area contributed by atoms with E-state index in [0.717, 1.165) is 37.7 Å². The molecule has 7 heterocycles. The van der Waals surface area contributed by atoms with Crippen LogP contribution in [-0.2, 0) is 86.2 Å². The van der Waals surface area contributed by atoms with Gasteiger partial charge in [0.05, 0.1) is 75.1 Å². The Hall–Kier alpha value is -3.97.